The molecule has 1 unspecified atom stereocenters. The van der Waals surface area contributed by atoms with Crippen LogP contribution in [0.3, 0.4) is 0 Å². The molecule has 2 spiro atoms. The van der Waals surface area contributed by atoms with Crippen LogP contribution in [0.25, 0.3) is 0 Å². The summed E-state index contributed by atoms with van der Waals surface area (Å²) in [4.78, 5) is 139. The van der Waals surface area contributed by atoms with Crippen molar-refractivity contribution in [2.45, 2.75) is 304 Å². The van der Waals surface area contributed by atoms with Gasteiger partial charge in [0, 0.05) is 62.5 Å². The fourth-order valence-corrected chi connectivity index (χ4v) is 16.4. The number of amides is 6. The van der Waals surface area contributed by atoms with Crippen LogP contribution in [0.15, 0.2) is 34.6 Å². The predicted octanol–water partition coefficient (Wildman–Crippen LogP) is 10.8. The standard InChI is InChI=1S/C40H60N4O7.C40H58N4O7/c2*1-8-12-29(34(47)32(45)19-27-15-16-27)41-37(48)31-22-40(21-30(43-51-40)28-17-24(2)35(50-7)25(3)18-28)23-44(31)38(49)36(39(4,5)6)42-33(46)20-26-13-10-9-11-14-26/h17-18,26-27,29,31,34,36,47H,8-16,19-23H2,1-7H3,(H,41,48)(H,42,46);17-18,26-27,29,31,36H,8-16,19-23H2,1-7H3,(H,41,48)(H,42,46)/t29-,31-,34?,36+,40+;29-,31-,36+,40+/m00/s1. The van der Waals surface area contributed by atoms with Crippen molar-refractivity contribution in [2.75, 3.05) is 27.3 Å². The number of hydrogen-bond donors (Lipinski definition) is 5. The summed E-state index contributed by atoms with van der Waals surface area (Å²) >= 11 is 0. The van der Waals surface area contributed by atoms with E-state index in [1.165, 1.54) is 22.6 Å². The van der Waals surface area contributed by atoms with Gasteiger partial charge in [-0.15, -0.1) is 0 Å². The zero-order valence-electron chi connectivity index (χ0n) is 63.5. The van der Waals surface area contributed by atoms with Crippen LogP contribution in [0.5, 0.6) is 11.5 Å². The van der Waals surface area contributed by atoms with Crippen LogP contribution in [-0.2, 0) is 52.8 Å². The number of methoxy groups -OCH3 is 2. The van der Waals surface area contributed by atoms with E-state index >= 15 is 0 Å². The second kappa shape index (κ2) is 33.7. The van der Waals surface area contributed by atoms with Gasteiger partial charge in [0.05, 0.1) is 50.8 Å². The molecule has 10 rings (SSSR count). The Labute approximate surface area is 604 Å². The summed E-state index contributed by atoms with van der Waals surface area (Å²) in [7, 11) is 3.28. The number of aryl methyl sites for hydroxylation is 4. The van der Waals surface area contributed by atoms with Crippen LogP contribution in [0.1, 0.15) is 256 Å². The van der Waals surface area contributed by atoms with Gasteiger partial charge in [0.15, 0.2) is 17.0 Å². The first-order chi connectivity index (χ1) is 48.3. The molecule has 0 radical (unpaired) electrons. The van der Waals surface area contributed by atoms with Gasteiger partial charge in [0.1, 0.15) is 41.8 Å². The summed E-state index contributed by atoms with van der Waals surface area (Å²) in [6.45, 7) is 23.3. The van der Waals surface area contributed by atoms with Crippen LogP contribution in [0.4, 0.5) is 0 Å². The van der Waals surface area contributed by atoms with Crippen molar-refractivity contribution in [3.8, 4) is 11.5 Å². The summed E-state index contributed by atoms with van der Waals surface area (Å²) in [5.41, 5.74) is 3.74. The lowest BCUT2D eigenvalue weighted by atomic mass is 9.84. The summed E-state index contributed by atoms with van der Waals surface area (Å²) < 4.78 is 11.1. The summed E-state index contributed by atoms with van der Waals surface area (Å²) in [6, 6.07) is 2.48. The Morgan fingerprint density at radius 3 is 1.29 bits per heavy atom. The molecule has 2 aromatic carbocycles. The van der Waals surface area contributed by atoms with Crippen LogP contribution < -0.4 is 30.7 Å². The van der Waals surface area contributed by atoms with Crippen molar-refractivity contribution in [1.29, 1.82) is 0 Å². The number of Topliss-reactive ketones (excluding diaryl/α,β-unsaturated/α-hetero) is 3. The Morgan fingerprint density at radius 1 is 0.539 bits per heavy atom. The van der Waals surface area contributed by atoms with Gasteiger partial charge in [-0.2, -0.15) is 0 Å². The molecule has 2 aromatic rings. The number of carbonyl (C=O) groups is 9. The van der Waals surface area contributed by atoms with Gasteiger partial charge in [-0.1, -0.05) is 117 Å². The molecular weight excluding hydrogens is 1300 g/mol. The first-order valence-corrected chi connectivity index (χ1v) is 38.2. The number of rotatable bonds is 28. The molecular formula is C80H118N8O14. The molecule has 22 nitrogen and oxygen atoms in total. The zero-order valence-corrected chi connectivity index (χ0v) is 63.5. The SMILES string of the molecule is CCC[C@H](NC(=O)[C@@H]1C[C@]2(CC(c3cc(C)c(OC)c(C)c3)=NO2)CN1C(=O)[C@@H](NC(=O)CC1CCCCC1)C(C)(C)C)C(=O)C(=O)CC1CC1.CCC[C@H](NC(=O)[C@@H]1C[C@]2(CC(c3cc(C)c(OC)c(C)c3)=NO2)CN1C(=O)[C@@H](NC(=O)CC1CCCCC1)C(C)(C)C)C(O)C(=O)CC1CC1. The molecule has 4 heterocycles. The third-order valence-electron chi connectivity index (χ3n) is 22.4. The number of hydrogen-bond acceptors (Lipinski definition) is 16. The molecule has 6 amide bonds. The van der Waals surface area contributed by atoms with E-state index in [9.17, 15) is 48.3 Å². The van der Waals surface area contributed by atoms with Crippen LogP contribution in [0, 0.1) is 62.2 Å². The number of nitrogens with one attached hydrogen (secondary N) is 4. The molecule has 4 aliphatic carbocycles. The number of aliphatic hydroxyl groups excluding tert-OH is 1. The van der Waals surface area contributed by atoms with E-state index in [0.29, 0.717) is 81.3 Å². The summed E-state index contributed by atoms with van der Waals surface area (Å²) in [5, 5.41) is 32.0. The van der Waals surface area contributed by atoms with Gasteiger partial charge in [0.25, 0.3) is 0 Å². The van der Waals surface area contributed by atoms with Crippen molar-refractivity contribution >= 4 is 64.2 Å². The molecule has 4 aliphatic heterocycles. The highest BCUT2D eigenvalue weighted by molar-refractivity contribution is 6.39. The van der Waals surface area contributed by atoms with Crippen LogP contribution in [-0.4, -0.2) is 160 Å². The number of benzene rings is 2. The smallest absolute Gasteiger partial charge is 0.246 e. The van der Waals surface area contributed by atoms with E-state index in [0.717, 1.165) is 128 Å². The van der Waals surface area contributed by atoms with Crippen molar-refractivity contribution in [1.82, 2.24) is 31.1 Å². The maximum atomic E-state index is 14.7. The number of carbonyl (C=O) groups excluding carboxylic acids is 9. The minimum atomic E-state index is -1.32. The number of nitrogens with zero attached hydrogens (tertiary/aromatic N) is 4. The van der Waals surface area contributed by atoms with E-state index in [4.69, 9.17) is 19.1 Å². The highest BCUT2D eigenvalue weighted by Gasteiger charge is 2.58. The predicted molar refractivity (Wildman–Crippen MR) is 390 cm³/mol. The Hall–Kier alpha value is -7.23. The number of ether oxygens (including phenoxy) is 2. The molecule has 102 heavy (non-hydrogen) atoms. The summed E-state index contributed by atoms with van der Waals surface area (Å²) in [5.74, 6) is -0.565. The quantitative estimate of drug-likeness (QED) is 0.0495. The molecule has 6 fully saturated rings. The minimum Gasteiger partial charge on any atom is -0.496 e. The second-order valence-corrected chi connectivity index (χ2v) is 33.5. The first-order valence-electron chi connectivity index (χ1n) is 38.2. The molecule has 8 aliphatic rings. The third kappa shape index (κ3) is 19.8. The minimum absolute atomic E-state index is 0.0725. The number of oxime groups is 2. The third-order valence-corrected chi connectivity index (χ3v) is 22.4. The summed E-state index contributed by atoms with van der Waals surface area (Å²) in [6.07, 6.45) is 17.7. The Balaban J connectivity index is 0.000000237. The Morgan fingerprint density at radius 2 is 0.922 bits per heavy atom. The van der Waals surface area contributed by atoms with Crippen molar-refractivity contribution < 1.29 is 67.4 Å². The molecule has 4 saturated carbocycles. The zero-order chi connectivity index (χ0) is 74.2. The molecule has 0 bridgehead atoms. The Kier molecular flexibility index (Phi) is 26.1. The lowest BCUT2D eigenvalue weighted by molar-refractivity contribution is -0.145. The average Bonchev–Trinajstić information content (AvgIpc) is 1.60. The van der Waals surface area contributed by atoms with E-state index in [1.54, 1.807) is 14.2 Å². The number of ketones is 3. The van der Waals surface area contributed by atoms with E-state index in [2.05, 4.69) is 31.6 Å². The Bertz CT molecular complexity index is 3430. The normalized spacial score (nSPS) is 23.7. The van der Waals surface area contributed by atoms with Crippen LogP contribution in [0.2, 0.25) is 0 Å². The van der Waals surface area contributed by atoms with E-state index in [1.807, 2.05) is 107 Å². The molecule has 5 N–H and O–H groups in total. The lowest BCUT2D eigenvalue weighted by Gasteiger charge is -2.36. The van der Waals surface area contributed by atoms with Crippen molar-refractivity contribution in [3.05, 3.63) is 57.6 Å². The van der Waals surface area contributed by atoms with E-state index < -0.39 is 87.8 Å². The second-order valence-electron chi connectivity index (χ2n) is 33.5. The van der Waals surface area contributed by atoms with Gasteiger partial charge >= 0.3 is 0 Å². The van der Waals surface area contributed by atoms with Gasteiger partial charge in [0.2, 0.25) is 47.0 Å². The number of aliphatic hydroxyl groups is 1. The van der Waals surface area contributed by atoms with Crippen molar-refractivity contribution in [2.24, 2.45) is 44.8 Å². The molecule has 2 saturated heterocycles. The molecule has 9 atom stereocenters. The number of likely N-dealkylation sites (tertiary alicyclic amines) is 2. The molecule has 0 aromatic heterocycles. The van der Waals surface area contributed by atoms with Gasteiger partial charge in [-0.3, -0.25) is 43.2 Å². The molecule has 562 valence electrons. The van der Waals surface area contributed by atoms with Crippen molar-refractivity contribution in [3.63, 3.8) is 0 Å². The highest BCUT2D eigenvalue weighted by atomic mass is 16.7. The van der Waals surface area contributed by atoms with E-state index in [-0.39, 0.29) is 67.7 Å². The van der Waals surface area contributed by atoms with Gasteiger partial charge in [-0.05, 0) is 173 Å². The highest BCUT2D eigenvalue weighted by Crippen LogP contribution is 2.44. The van der Waals surface area contributed by atoms with Gasteiger partial charge < -0.3 is 55.3 Å². The maximum absolute atomic E-state index is 14.7. The fourth-order valence-electron chi connectivity index (χ4n) is 16.4. The fraction of sp³-hybridized carbons (Fsp3) is 0.713. The van der Waals surface area contributed by atoms with Gasteiger partial charge in [-0.25, -0.2) is 0 Å². The molecule has 22 heteroatoms. The van der Waals surface area contributed by atoms with Crippen LogP contribution >= 0.6 is 0 Å². The lowest BCUT2D eigenvalue weighted by Crippen LogP contribution is -2.59. The average molecular weight is 1420 g/mol. The monoisotopic (exact) mass is 1410 g/mol. The first kappa shape index (κ1) is 78.9. The topological polar surface area (TPSA) is 290 Å². The maximum Gasteiger partial charge on any atom is 0.246 e. The largest absolute Gasteiger partial charge is 0.496 e.